The SMILES string of the molecule is COc1ccc(OC)c(C(=O)COc2cccc([N+](=O)[O-])c2)c1. The molecule has 0 atom stereocenters. The Morgan fingerprint density at radius 1 is 1.09 bits per heavy atom. The number of carbonyl (C=O) groups excluding carboxylic acids is 1. The first-order valence-electron chi connectivity index (χ1n) is 6.67. The molecule has 2 rings (SSSR count). The van der Waals surface area contributed by atoms with Gasteiger partial charge in [-0.15, -0.1) is 0 Å². The molecular weight excluding hydrogens is 302 g/mol. The zero-order valence-electron chi connectivity index (χ0n) is 12.6. The van der Waals surface area contributed by atoms with E-state index in [-0.39, 0.29) is 23.8 Å². The van der Waals surface area contributed by atoms with Crippen molar-refractivity contribution in [2.45, 2.75) is 0 Å². The molecule has 120 valence electrons. The number of rotatable bonds is 7. The number of ketones is 1. The lowest BCUT2D eigenvalue weighted by Gasteiger charge is -2.10. The van der Waals surface area contributed by atoms with Crippen LogP contribution in [0.2, 0.25) is 0 Å². The Morgan fingerprint density at radius 2 is 1.87 bits per heavy atom. The fraction of sp³-hybridized carbons (Fsp3) is 0.188. The molecule has 0 spiro atoms. The lowest BCUT2D eigenvalue weighted by atomic mass is 10.1. The Balaban J connectivity index is 2.13. The van der Waals surface area contributed by atoms with E-state index >= 15 is 0 Å². The zero-order chi connectivity index (χ0) is 16.8. The summed E-state index contributed by atoms with van der Waals surface area (Å²) in [6.45, 7) is -0.273. The third-order valence-corrected chi connectivity index (χ3v) is 3.11. The van der Waals surface area contributed by atoms with E-state index in [1.165, 1.54) is 32.4 Å². The summed E-state index contributed by atoms with van der Waals surface area (Å²) in [5.41, 5.74) is 0.214. The minimum absolute atomic E-state index is 0.103. The Labute approximate surface area is 132 Å². The van der Waals surface area contributed by atoms with Crippen LogP contribution in [0.5, 0.6) is 17.2 Å². The minimum atomic E-state index is -0.528. The standard InChI is InChI=1S/C16H15NO6/c1-21-12-6-7-16(22-2)14(9-12)15(18)10-23-13-5-3-4-11(8-13)17(19)20/h3-9H,10H2,1-2H3. The van der Waals surface area contributed by atoms with Gasteiger partial charge >= 0.3 is 0 Å². The van der Waals surface area contributed by atoms with Crippen molar-refractivity contribution in [1.82, 2.24) is 0 Å². The third kappa shape index (κ3) is 3.97. The molecule has 0 N–H and O–H groups in total. The molecule has 0 saturated heterocycles. The highest BCUT2D eigenvalue weighted by atomic mass is 16.6. The number of nitro benzene ring substituents is 1. The third-order valence-electron chi connectivity index (χ3n) is 3.11. The van der Waals surface area contributed by atoms with E-state index in [9.17, 15) is 14.9 Å². The highest BCUT2D eigenvalue weighted by Gasteiger charge is 2.15. The van der Waals surface area contributed by atoms with Crippen molar-refractivity contribution >= 4 is 11.5 Å². The first kappa shape index (κ1) is 16.3. The van der Waals surface area contributed by atoms with E-state index in [0.29, 0.717) is 17.1 Å². The van der Waals surface area contributed by atoms with Gasteiger partial charge in [-0.25, -0.2) is 0 Å². The largest absolute Gasteiger partial charge is 0.497 e. The van der Waals surface area contributed by atoms with Gasteiger partial charge in [0, 0.05) is 6.07 Å². The lowest BCUT2D eigenvalue weighted by Crippen LogP contribution is -2.13. The van der Waals surface area contributed by atoms with Gasteiger partial charge in [-0.05, 0) is 24.3 Å². The second-order valence-electron chi connectivity index (χ2n) is 4.53. The number of nitrogens with zero attached hydrogens (tertiary/aromatic N) is 1. The van der Waals surface area contributed by atoms with Crippen LogP contribution in [0, 0.1) is 10.1 Å². The maximum Gasteiger partial charge on any atom is 0.273 e. The summed E-state index contributed by atoms with van der Waals surface area (Å²) >= 11 is 0. The molecule has 0 aliphatic heterocycles. The van der Waals surface area contributed by atoms with E-state index in [1.54, 1.807) is 24.3 Å². The van der Waals surface area contributed by atoms with Crippen LogP contribution in [-0.2, 0) is 0 Å². The average molecular weight is 317 g/mol. The quantitative estimate of drug-likeness (QED) is 0.443. The van der Waals surface area contributed by atoms with Crippen molar-refractivity contribution in [2.24, 2.45) is 0 Å². The van der Waals surface area contributed by atoms with E-state index in [2.05, 4.69) is 0 Å². The first-order chi connectivity index (χ1) is 11.0. The van der Waals surface area contributed by atoms with Gasteiger partial charge < -0.3 is 14.2 Å². The Hall–Kier alpha value is -3.09. The molecule has 0 unspecified atom stereocenters. The molecule has 2 aromatic rings. The predicted octanol–water partition coefficient (Wildman–Crippen LogP) is 2.87. The fourth-order valence-electron chi connectivity index (χ4n) is 1.95. The van der Waals surface area contributed by atoms with Gasteiger partial charge in [0.2, 0.25) is 5.78 Å². The molecule has 2 aromatic carbocycles. The van der Waals surface area contributed by atoms with Crippen molar-refractivity contribution in [3.63, 3.8) is 0 Å². The molecule has 0 aliphatic rings. The van der Waals surface area contributed by atoms with Crippen molar-refractivity contribution in [3.05, 3.63) is 58.1 Å². The van der Waals surface area contributed by atoms with Gasteiger partial charge in [0.15, 0.2) is 6.61 Å². The highest BCUT2D eigenvalue weighted by Crippen LogP contribution is 2.25. The maximum atomic E-state index is 12.3. The average Bonchev–Trinajstić information content (AvgIpc) is 2.59. The molecule has 0 aromatic heterocycles. The van der Waals surface area contributed by atoms with Gasteiger partial charge in [-0.1, -0.05) is 6.07 Å². The van der Waals surface area contributed by atoms with Crippen LogP contribution in [0.3, 0.4) is 0 Å². The monoisotopic (exact) mass is 317 g/mol. The molecule has 7 nitrogen and oxygen atoms in total. The normalized spacial score (nSPS) is 10.0. The second kappa shape index (κ2) is 7.26. The molecule has 0 aliphatic carbocycles. The Morgan fingerprint density at radius 3 is 2.52 bits per heavy atom. The zero-order valence-corrected chi connectivity index (χ0v) is 12.6. The molecule has 0 bridgehead atoms. The first-order valence-corrected chi connectivity index (χ1v) is 6.67. The number of Topliss-reactive ketones (excluding diaryl/α,β-unsaturated/α-hetero) is 1. The second-order valence-corrected chi connectivity index (χ2v) is 4.53. The molecule has 7 heteroatoms. The molecule has 0 fully saturated rings. The van der Waals surface area contributed by atoms with E-state index < -0.39 is 4.92 Å². The lowest BCUT2D eigenvalue weighted by molar-refractivity contribution is -0.384. The molecule has 0 saturated carbocycles. The summed E-state index contributed by atoms with van der Waals surface area (Å²) < 4.78 is 15.6. The number of hydrogen-bond acceptors (Lipinski definition) is 6. The van der Waals surface area contributed by atoms with Crippen LogP contribution >= 0.6 is 0 Å². The molecular formula is C16H15NO6. The molecule has 0 radical (unpaired) electrons. The molecule has 0 heterocycles. The summed E-state index contributed by atoms with van der Waals surface area (Å²) in [6, 6.07) is 10.5. The summed E-state index contributed by atoms with van der Waals surface area (Å²) in [5.74, 6) is 0.838. The van der Waals surface area contributed by atoms with Crippen LogP contribution in [0.4, 0.5) is 5.69 Å². The fourth-order valence-corrected chi connectivity index (χ4v) is 1.95. The van der Waals surface area contributed by atoms with Crippen molar-refractivity contribution in [1.29, 1.82) is 0 Å². The van der Waals surface area contributed by atoms with Crippen LogP contribution in [0.25, 0.3) is 0 Å². The Bertz CT molecular complexity index is 728. The van der Waals surface area contributed by atoms with E-state index in [0.717, 1.165) is 0 Å². The van der Waals surface area contributed by atoms with Crippen LogP contribution < -0.4 is 14.2 Å². The topological polar surface area (TPSA) is 87.9 Å². The smallest absolute Gasteiger partial charge is 0.273 e. The number of methoxy groups -OCH3 is 2. The summed E-state index contributed by atoms with van der Waals surface area (Å²) in [7, 11) is 2.95. The minimum Gasteiger partial charge on any atom is -0.497 e. The predicted molar refractivity (Wildman–Crippen MR) is 82.5 cm³/mol. The van der Waals surface area contributed by atoms with Gasteiger partial charge in [-0.2, -0.15) is 0 Å². The highest BCUT2D eigenvalue weighted by molar-refractivity contribution is 6.00. The van der Waals surface area contributed by atoms with E-state index in [1.807, 2.05) is 0 Å². The van der Waals surface area contributed by atoms with Gasteiger partial charge in [0.05, 0.1) is 30.8 Å². The number of non-ortho nitro benzene ring substituents is 1. The van der Waals surface area contributed by atoms with Gasteiger partial charge in [0.1, 0.15) is 17.2 Å². The maximum absolute atomic E-state index is 12.3. The summed E-state index contributed by atoms with van der Waals surface area (Å²) in [4.78, 5) is 22.5. The molecule has 0 amide bonds. The number of carbonyl (C=O) groups is 1. The number of nitro groups is 1. The van der Waals surface area contributed by atoms with Crippen LogP contribution in [0.15, 0.2) is 42.5 Å². The summed E-state index contributed by atoms with van der Waals surface area (Å²) in [5, 5.41) is 10.7. The van der Waals surface area contributed by atoms with Gasteiger partial charge in [0.25, 0.3) is 5.69 Å². The van der Waals surface area contributed by atoms with Crippen molar-refractivity contribution < 1.29 is 23.9 Å². The molecule has 23 heavy (non-hydrogen) atoms. The summed E-state index contributed by atoms with van der Waals surface area (Å²) in [6.07, 6.45) is 0. The van der Waals surface area contributed by atoms with E-state index in [4.69, 9.17) is 14.2 Å². The number of benzene rings is 2. The van der Waals surface area contributed by atoms with Crippen molar-refractivity contribution in [3.8, 4) is 17.2 Å². The number of hydrogen-bond donors (Lipinski definition) is 0. The Kier molecular flexibility index (Phi) is 5.14. The van der Waals surface area contributed by atoms with Crippen molar-refractivity contribution in [2.75, 3.05) is 20.8 Å². The van der Waals surface area contributed by atoms with Crippen LogP contribution in [0.1, 0.15) is 10.4 Å². The van der Waals surface area contributed by atoms with Gasteiger partial charge in [-0.3, -0.25) is 14.9 Å². The van der Waals surface area contributed by atoms with Crippen LogP contribution in [-0.4, -0.2) is 31.5 Å². The number of ether oxygens (including phenoxy) is 3.